The van der Waals surface area contributed by atoms with Crippen molar-refractivity contribution in [1.29, 1.82) is 0 Å². The van der Waals surface area contributed by atoms with E-state index >= 15 is 0 Å². The summed E-state index contributed by atoms with van der Waals surface area (Å²) in [7, 11) is 0. The molecule has 0 radical (unpaired) electrons. The van der Waals surface area contributed by atoms with E-state index in [1.807, 2.05) is 6.92 Å². The third-order valence-corrected chi connectivity index (χ3v) is 3.01. The van der Waals surface area contributed by atoms with Crippen LogP contribution in [0.25, 0.3) is 0 Å². The second kappa shape index (κ2) is 7.69. The molecule has 2 N–H and O–H groups in total. The molecule has 1 aliphatic rings. The van der Waals surface area contributed by atoms with Crippen molar-refractivity contribution in [2.45, 2.75) is 57.9 Å². The molecule has 3 heteroatoms. The lowest BCUT2D eigenvalue weighted by Gasteiger charge is -2.21. The average Bonchev–Trinajstić information content (AvgIpc) is 2.19. The Hall–Kier alpha value is -0.570. The van der Waals surface area contributed by atoms with Gasteiger partial charge in [0.05, 0.1) is 6.54 Å². The minimum atomic E-state index is 0.155. The van der Waals surface area contributed by atoms with Gasteiger partial charge in [0.2, 0.25) is 5.91 Å². The average molecular weight is 212 g/mol. The van der Waals surface area contributed by atoms with E-state index in [9.17, 15) is 4.79 Å². The number of amides is 1. The molecule has 1 rings (SSSR count). The molecular weight excluding hydrogens is 188 g/mol. The number of nitrogens with one attached hydrogen (secondary N) is 2. The lowest BCUT2D eigenvalue weighted by Crippen LogP contribution is -2.40. The third-order valence-electron chi connectivity index (χ3n) is 3.01. The quantitative estimate of drug-likeness (QED) is 0.746. The van der Waals surface area contributed by atoms with Crippen LogP contribution in [0.1, 0.15) is 51.9 Å². The third kappa shape index (κ3) is 5.78. The summed E-state index contributed by atoms with van der Waals surface area (Å²) in [5.41, 5.74) is 0. The monoisotopic (exact) mass is 212 g/mol. The Kier molecular flexibility index (Phi) is 6.41. The summed E-state index contributed by atoms with van der Waals surface area (Å²) in [5, 5.41) is 6.17. The molecule has 88 valence electrons. The van der Waals surface area contributed by atoms with Crippen molar-refractivity contribution in [3.63, 3.8) is 0 Å². The number of hydrogen-bond donors (Lipinski definition) is 2. The molecule has 0 atom stereocenters. The van der Waals surface area contributed by atoms with Crippen LogP contribution in [0.15, 0.2) is 0 Å². The highest BCUT2D eigenvalue weighted by Crippen LogP contribution is 2.16. The molecule has 0 aromatic carbocycles. The van der Waals surface area contributed by atoms with Gasteiger partial charge in [0.15, 0.2) is 0 Å². The first-order valence-corrected chi connectivity index (χ1v) is 6.33. The number of carbonyl (C=O) groups is 1. The van der Waals surface area contributed by atoms with Gasteiger partial charge in [-0.2, -0.15) is 0 Å². The Balaban J connectivity index is 2.19. The second-order valence-electron chi connectivity index (χ2n) is 4.39. The fraction of sp³-hybridized carbons (Fsp3) is 0.917. The summed E-state index contributed by atoms with van der Waals surface area (Å²) in [6.07, 6.45) is 8.91. The fourth-order valence-corrected chi connectivity index (χ4v) is 2.12. The number of rotatable bonds is 4. The van der Waals surface area contributed by atoms with Crippen LogP contribution in [-0.4, -0.2) is 25.0 Å². The Bertz CT molecular complexity index is 174. The maximum absolute atomic E-state index is 11.5. The van der Waals surface area contributed by atoms with Gasteiger partial charge in [0, 0.05) is 6.04 Å². The summed E-state index contributed by atoms with van der Waals surface area (Å²) in [6.45, 7) is 3.34. The minimum absolute atomic E-state index is 0.155. The highest BCUT2D eigenvalue weighted by molar-refractivity contribution is 5.78. The van der Waals surface area contributed by atoms with Crippen molar-refractivity contribution in [3.8, 4) is 0 Å². The van der Waals surface area contributed by atoms with Crippen LogP contribution in [0, 0.1) is 0 Å². The zero-order valence-corrected chi connectivity index (χ0v) is 9.85. The first kappa shape index (κ1) is 12.5. The van der Waals surface area contributed by atoms with Crippen LogP contribution in [0.4, 0.5) is 0 Å². The largest absolute Gasteiger partial charge is 0.352 e. The molecule has 0 aromatic rings. The number of likely N-dealkylation sites (N-methyl/N-ethyl adjacent to an activating group) is 1. The Labute approximate surface area is 93.0 Å². The van der Waals surface area contributed by atoms with E-state index in [1.165, 1.54) is 32.1 Å². The zero-order chi connectivity index (χ0) is 10.9. The normalized spacial score (nSPS) is 19.3. The second-order valence-corrected chi connectivity index (χ2v) is 4.39. The molecule has 0 unspecified atom stereocenters. The van der Waals surface area contributed by atoms with Crippen molar-refractivity contribution in [3.05, 3.63) is 0 Å². The maximum Gasteiger partial charge on any atom is 0.234 e. The van der Waals surface area contributed by atoms with E-state index in [1.54, 1.807) is 0 Å². The van der Waals surface area contributed by atoms with E-state index in [2.05, 4.69) is 10.6 Å². The predicted molar refractivity (Wildman–Crippen MR) is 62.8 cm³/mol. The van der Waals surface area contributed by atoms with Gasteiger partial charge in [0.25, 0.3) is 0 Å². The van der Waals surface area contributed by atoms with Crippen molar-refractivity contribution in [2.75, 3.05) is 13.1 Å². The SMILES string of the molecule is CCNCC(=O)NC1CCCCCCC1. The Morgan fingerprint density at radius 3 is 2.33 bits per heavy atom. The van der Waals surface area contributed by atoms with Gasteiger partial charge in [0.1, 0.15) is 0 Å². The smallest absolute Gasteiger partial charge is 0.234 e. The molecule has 1 saturated carbocycles. The van der Waals surface area contributed by atoms with Gasteiger partial charge in [-0.15, -0.1) is 0 Å². The fourth-order valence-electron chi connectivity index (χ4n) is 2.12. The van der Waals surface area contributed by atoms with E-state index in [0.717, 1.165) is 19.4 Å². The van der Waals surface area contributed by atoms with Crippen molar-refractivity contribution in [2.24, 2.45) is 0 Å². The van der Waals surface area contributed by atoms with Gasteiger partial charge in [-0.3, -0.25) is 4.79 Å². The highest BCUT2D eigenvalue weighted by Gasteiger charge is 2.13. The van der Waals surface area contributed by atoms with E-state index < -0.39 is 0 Å². The molecule has 0 bridgehead atoms. The number of carbonyl (C=O) groups excluding carboxylic acids is 1. The van der Waals surface area contributed by atoms with Crippen molar-refractivity contribution < 1.29 is 4.79 Å². The van der Waals surface area contributed by atoms with Crippen LogP contribution >= 0.6 is 0 Å². The molecule has 0 aliphatic heterocycles. The molecule has 1 amide bonds. The lowest BCUT2D eigenvalue weighted by molar-refractivity contribution is -0.121. The first-order valence-electron chi connectivity index (χ1n) is 6.33. The van der Waals surface area contributed by atoms with Crippen molar-refractivity contribution >= 4 is 5.91 Å². The minimum Gasteiger partial charge on any atom is -0.352 e. The van der Waals surface area contributed by atoms with E-state index in [-0.39, 0.29) is 5.91 Å². The van der Waals surface area contributed by atoms with Gasteiger partial charge in [-0.1, -0.05) is 39.0 Å². The van der Waals surface area contributed by atoms with Crippen molar-refractivity contribution in [1.82, 2.24) is 10.6 Å². The Morgan fingerprint density at radius 2 is 1.73 bits per heavy atom. The lowest BCUT2D eigenvalue weighted by atomic mass is 9.97. The molecule has 0 aromatic heterocycles. The van der Waals surface area contributed by atoms with E-state index in [0.29, 0.717) is 12.6 Å². The van der Waals surface area contributed by atoms with Crippen LogP contribution in [-0.2, 0) is 4.79 Å². The topological polar surface area (TPSA) is 41.1 Å². The summed E-state index contributed by atoms with van der Waals surface area (Å²) in [4.78, 5) is 11.5. The maximum atomic E-state index is 11.5. The molecule has 0 saturated heterocycles. The van der Waals surface area contributed by atoms with Crippen LogP contribution in [0.3, 0.4) is 0 Å². The molecule has 1 aliphatic carbocycles. The van der Waals surface area contributed by atoms with Gasteiger partial charge in [-0.05, 0) is 19.4 Å². The Morgan fingerprint density at radius 1 is 1.13 bits per heavy atom. The summed E-state index contributed by atoms with van der Waals surface area (Å²) in [6, 6.07) is 0.427. The molecule has 0 spiro atoms. The van der Waals surface area contributed by atoms with Gasteiger partial charge >= 0.3 is 0 Å². The molecule has 1 fully saturated rings. The van der Waals surface area contributed by atoms with Crippen LogP contribution in [0.2, 0.25) is 0 Å². The summed E-state index contributed by atoms with van der Waals surface area (Å²) < 4.78 is 0. The zero-order valence-electron chi connectivity index (χ0n) is 9.85. The standard InChI is InChI=1S/C12H24N2O/c1-2-13-10-12(15)14-11-8-6-4-3-5-7-9-11/h11,13H,2-10H2,1H3,(H,14,15). The highest BCUT2D eigenvalue weighted by atomic mass is 16.1. The molecule has 0 heterocycles. The van der Waals surface area contributed by atoms with Crippen LogP contribution < -0.4 is 10.6 Å². The van der Waals surface area contributed by atoms with Gasteiger partial charge in [-0.25, -0.2) is 0 Å². The van der Waals surface area contributed by atoms with E-state index in [4.69, 9.17) is 0 Å². The predicted octanol–water partition coefficient (Wildman–Crippen LogP) is 1.82. The first-order chi connectivity index (χ1) is 7.33. The molecule has 15 heavy (non-hydrogen) atoms. The molecular formula is C12H24N2O. The molecule has 3 nitrogen and oxygen atoms in total. The van der Waals surface area contributed by atoms with Crippen LogP contribution in [0.5, 0.6) is 0 Å². The van der Waals surface area contributed by atoms with Gasteiger partial charge < -0.3 is 10.6 Å². The number of hydrogen-bond acceptors (Lipinski definition) is 2. The summed E-state index contributed by atoms with van der Waals surface area (Å²) in [5.74, 6) is 0.155. The summed E-state index contributed by atoms with van der Waals surface area (Å²) >= 11 is 0.